The quantitative estimate of drug-likeness (QED) is 0.871. The standard InChI is InChI=1S/C16H16N2O4/c1-18(11-4-5-13-15(8-11)21-7-6-20-13)16(19)12-9-14(22-17-12)10-2-3-10/h4-5,8-10H,2-3,6-7H2,1H3. The Kier molecular flexibility index (Phi) is 3.03. The fourth-order valence-corrected chi connectivity index (χ4v) is 2.48. The van der Waals surface area contributed by atoms with Crippen molar-refractivity contribution < 1.29 is 18.8 Å². The third kappa shape index (κ3) is 2.30. The number of aromatic nitrogens is 1. The number of rotatable bonds is 3. The van der Waals surface area contributed by atoms with E-state index in [0.717, 1.165) is 24.3 Å². The number of benzene rings is 1. The highest BCUT2D eigenvalue weighted by Crippen LogP contribution is 2.40. The first-order valence-electron chi connectivity index (χ1n) is 7.37. The Labute approximate surface area is 127 Å². The van der Waals surface area contributed by atoms with Crippen LogP contribution in [0.1, 0.15) is 35.0 Å². The SMILES string of the molecule is CN(C(=O)c1cc(C2CC2)on1)c1ccc2c(c1)OCCO2. The van der Waals surface area contributed by atoms with Crippen LogP contribution < -0.4 is 14.4 Å². The maximum absolute atomic E-state index is 12.5. The molecule has 0 radical (unpaired) electrons. The minimum Gasteiger partial charge on any atom is -0.486 e. The first-order valence-corrected chi connectivity index (χ1v) is 7.37. The van der Waals surface area contributed by atoms with Crippen molar-refractivity contribution in [2.24, 2.45) is 0 Å². The highest BCUT2D eigenvalue weighted by Gasteiger charge is 2.29. The van der Waals surface area contributed by atoms with Crippen LogP contribution in [0.5, 0.6) is 11.5 Å². The highest BCUT2D eigenvalue weighted by atomic mass is 16.6. The minimum absolute atomic E-state index is 0.202. The second-order valence-electron chi connectivity index (χ2n) is 5.58. The lowest BCUT2D eigenvalue weighted by Crippen LogP contribution is -2.26. The van der Waals surface area contributed by atoms with Crippen LogP contribution in [0.3, 0.4) is 0 Å². The van der Waals surface area contributed by atoms with Gasteiger partial charge in [-0.25, -0.2) is 0 Å². The van der Waals surface area contributed by atoms with E-state index in [4.69, 9.17) is 14.0 Å². The van der Waals surface area contributed by atoms with E-state index in [9.17, 15) is 4.79 Å². The summed E-state index contributed by atoms with van der Waals surface area (Å²) in [6, 6.07) is 7.18. The summed E-state index contributed by atoms with van der Waals surface area (Å²) in [7, 11) is 1.71. The van der Waals surface area contributed by atoms with Gasteiger partial charge in [0.05, 0.1) is 0 Å². The zero-order chi connectivity index (χ0) is 15.1. The summed E-state index contributed by atoms with van der Waals surface area (Å²) in [5.74, 6) is 2.40. The molecule has 2 aromatic rings. The molecule has 0 N–H and O–H groups in total. The van der Waals surface area contributed by atoms with Crippen molar-refractivity contribution in [3.05, 3.63) is 35.7 Å². The Morgan fingerprint density at radius 1 is 1.18 bits per heavy atom. The van der Waals surface area contributed by atoms with Crippen LogP contribution in [0, 0.1) is 0 Å². The van der Waals surface area contributed by atoms with Gasteiger partial charge in [-0.3, -0.25) is 4.79 Å². The zero-order valence-electron chi connectivity index (χ0n) is 12.2. The van der Waals surface area contributed by atoms with Crippen LogP contribution in [0.4, 0.5) is 5.69 Å². The summed E-state index contributed by atoms with van der Waals surface area (Å²) < 4.78 is 16.3. The summed E-state index contributed by atoms with van der Waals surface area (Å²) in [6.45, 7) is 1.06. The monoisotopic (exact) mass is 300 g/mol. The molecule has 2 aliphatic rings. The average Bonchev–Trinajstić information content (AvgIpc) is 3.30. The molecule has 1 aliphatic heterocycles. The van der Waals surface area contributed by atoms with Gasteiger partial charge in [0.1, 0.15) is 19.0 Å². The second kappa shape index (κ2) is 5.05. The molecule has 0 bridgehead atoms. The summed E-state index contributed by atoms with van der Waals surface area (Å²) in [4.78, 5) is 14.0. The third-order valence-electron chi connectivity index (χ3n) is 3.94. The summed E-state index contributed by atoms with van der Waals surface area (Å²) in [6.07, 6.45) is 2.22. The molecule has 22 heavy (non-hydrogen) atoms. The van der Waals surface area contributed by atoms with Gasteiger partial charge in [-0.2, -0.15) is 0 Å². The molecule has 1 aliphatic carbocycles. The van der Waals surface area contributed by atoms with Gasteiger partial charge in [0.25, 0.3) is 5.91 Å². The van der Waals surface area contributed by atoms with E-state index in [0.29, 0.717) is 36.3 Å². The molecule has 4 rings (SSSR count). The Hall–Kier alpha value is -2.50. The minimum atomic E-state index is -0.202. The lowest BCUT2D eigenvalue weighted by Gasteiger charge is -2.21. The molecule has 0 spiro atoms. The topological polar surface area (TPSA) is 64.8 Å². The van der Waals surface area contributed by atoms with E-state index >= 15 is 0 Å². The van der Waals surface area contributed by atoms with Gasteiger partial charge in [0.2, 0.25) is 0 Å². The van der Waals surface area contributed by atoms with Gasteiger partial charge >= 0.3 is 0 Å². The van der Waals surface area contributed by atoms with Gasteiger partial charge in [0.15, 0.2) is 17.2 Å². The number of hydrogen-bond acceptors (Lipinski definition) is 5. The highest BCUT2D eigenvalue weighted by molar-refractivity contribution is 6.04. The number of carbonyl (C=O) groups excluding carboxylic acids is 1. The van der Waals surface area contributed by atoms with Crippen LogP contribution in [0.25, 0.3) is 0 Å². The fraction of sp³-hybridized carbons (Fsp3) is 0.375. The van der Waals surface area contributed by atoms with E-state index in [1.165, 1.54) is 4.90 Å². The Bertz CT molecular complexity index is 721. The van der Waals surface area contributed by atoms with Gasteiger partial charge in [-0.05, 0) is 25.0 Å². The van der Waals surface area contributed by atoms with Crippen molar-refractivity contribution in [1.82, 2.24) is 5.16 Å². The molecule has 0 saturated heterocycles. The molecule has 6 heteroatoms. The molecule has 0 atom stereocenters. The number of amides is 1. The number of nitrogens with zero attached hydrogens (tertiary/aromatic N) is 2. The van der Waals surface area contributed by atoms with Crippen molar-refractivity contribution in [3.63, 3.8) is 0 Å². The van der Waals surface area contributed by atoms with Crippen LogP contribution in [-0.2, 0) is 0 Å². The molecule has 1 aromatic heterocycles. The number of anilines is 1. The van der Waals surface area contributed by atoms with Crippen LogP contribution in [-0.4, -0.2) is 31.3 Å². The zero-order valence-corrected chi connectivity index (χ0v) is 12.2. The number of carbonyl (C=O) groups is 1. The molecule has 114 valence electrons. The van der Waals surface area contributed by atoms with Crippen molar-refractivity contribution in [2.45, 2.75) is 18.8 Å². The molecule has 1 aromatic carbocycles. The normalized spacial score (nSPS) is 16.4. The van der Waals surface area contributed by atoms with Crippen LogP contribution in [0.2, 0.25) is 0 Å². The number of hydrogen-bond donors (Lipinski definition) is 0. The molecule has 1 fully saturated rings. The van der Waals surface area contributed by atoms with E-state index < -0.39 is 0 Å². The summed E-state index contributed by atoms with van der Waals surface area (Å²) >= 11 is 0. The van der Waals surface area contributed by atoms with Gasteiger partial charge in [-0.1, -0.05) is 5.16 Å². The molecular formula is C16H16N2O4. The number of ether oxygens (including phenoxy) is 2. The Morgan fingerprint density at radius 3 is 2.73 bits per heavy atom. The summed E-state index contributed by atoms with van der Waals surface area (Å²) in [5.41, 5.74) is 1.06. The Balaban J connectivity index is 1.57. The molecule has 2 heterocycles. The molecule has 1 saturated carbocycles. The van der Waals surface area contributed by atoms with Crippen LogP contribution in [0.15, 0.2) is 28.8 Å². The number of fused-ring (bicyclic) bond motifs is 1. The van der Waals surface area contributed by atoms with E-state index in [1.54, 1.807) is 19.2 Å². The van der Waals surface area contributed by atoms with Crippen molar-refractivity contribution >= 4 is 11.6 Å². The van der Waals surface area contributed by atoms with Crippen molar-refractivity contribution in [1.29, 1.82) is 0 Å². The lowest BCUT2D eigenvalue weighted by molar-refractivity contribution is 0.0984. The van der Waals surface area contributed by atoms with E-state index in [-0.39, 0.29) is 5.91 Å². The second-order valence-corrected chi connectivity index (χ2v) is 5.58. The predicted octanol–water partition coefficient (Wildman–Crippen LogP) is 2.60. The fourth-order valence-electron chi connectivity index (χ4n) is 2.48. The van der Waals surface area contributed by atoms with Gasteiger partial charge in [0, 0.05) is 30.8 Å². The first-order chi connectivity index (χ1) is 10.7. The third-order valence-corrected chi connectivity index (χ3v) is 3.94. The maximum atomic E-state index is 12.5. The molecule has 0 unspecified atom stereocenters. The van der Waals surface area contributed by atoms with E-state index in [2.05, 4.69) is 5.16 Å². The predicted molar refractivity (Wildman–Crippen MR) is 78.6 cm³/mol. The molecule has 6 nitrogen and oxygen atoms in total. The largest absolute Gasteiger partial charge is 0.486 e. The van der Waals surface area contributed by atoms with Crippen molar-refractivity contribution in [3.8, 4) is 11.5 Å². The Morgan fingerprint density at radius 2 is 1.95 bits per heavy atom. The maximum Gasteiger partial charge on any atom is 0.280 e. The molecule has 1 amide bonds. The first kappa shape index (κ1) is 13.2. The average molecular weight is 300 g/mol. The van der Waals surface area contributed by atoms with Crippen molar-refractivity contribution in [2.75, 3.05) is 25.2 Å². The molecular weight excluding hydrogens is 284 g/mol. The van der Waals surface area contributed by atoms with E-state index in [1.807, 2.05) is 12.1 Å². The van der Waals surface area contributed by atoms with Gasteiger partial charge in [-0.15, -0.1) is 0 Å². The summed E-state index contributed by atoms with van der Waals surface area (Å²) in [5, 5.41) is 3.89. The van der Waals surface area contributed by atoms with Crippen LogP contribution >= 0.6 is 0 Å². The lowest BCUT2D eigenvalue weighted by atomic mass is 10.2. The van der Waals surface area contributed by atoms with Gasteiger partial charge < -0.3 is 18.9 Å². The smallest absolute Gasteiger partial charge is 0.280 e.